The van der Waals surface area contributed by atoms with E-state index in [1.807, 2.05) is 25.1 Å². The Hall–Kier alpha value is -2.68. The Labute approximate surface area is 156 Å². The Morgan fingerprint density at radius 1 is 1.12 bits per heavy atom. The fourth-order valence-corrected chi connectivity index (χ4v) is 3.30. The van der Waals surface area contributed by atoms with Crippen LogP contribution in [0, 0.1) is 6.92 Å². The summed E-state index contributed by atoms with van der Waals surface area (Å²) >= 11 is 1.30. The number of para-hydroxylation sites is 1. The number of aryl methyl sites for hydroxylation is 1. The summed E-state index contributed by atoms with van der Waals surface area (Å²) < 4.78 is 0. The second-order valence-electron chi connectivity index (χ2n) is 6.10. The molecule has 1 saturated heterocycles. The molecule has 0 radical (unpaired) electrons. The highest BCUT2D eigenvalue weighted by Gasteiger charge is 2.24. The van der Waals surface area contributed by atoms with Crippen molar-refractivity contribution in [2.45, 2.75) is 19.9 Å². The van der Waals surface area contributed by atoms with Crippen molar-refractivity contribution in [2.75, 3.05) is 36.4 Å². The van der Waals surface area contributed by atoms with E-state index in [4.69, 9.17) is 0 Å². The highest BCUT2D eigenvalue weighted by atomic mass is 32.1. The highest BCUT2D eigenvalue weighted by Crippen LogP contribution is 2.16. The third-order valence-electron chi connectivity index (χ3n) is 4.18. The van der Waals surface area contributed by atoms with Crippen LogP contribution in [0.4, 0.5) is 15.6 Å². The molecule has 138 valence electrons. The zero-order valence-electron chi connectivity index (χ0n) is 14.8. The number of rotatable bonds is 4. The standard InChI is InChI=1S/C17H22N6O2S/c1-12(15(24)19-16-21-20-13(2)26-16)18-17(25)23-10-8-22(9-11-23)14-6-4-3-5-7-14/h3-7,12H,8-11H2,1-2H3,(H,18,25)(H,19,21,24)/t12-/m1/s1. The predicted octanol–water partition coefficient (Wildman–Crippen LogP) is 1.71. The van der Waals surface area contributed by atoms with Gasteiger partial charge >= 0.3 is 6.03 Å². The normalized spacial score (nSPS) is 15.5. The summed E-state index contributed by atoms with van der Waals surface area (Å²) in [6.07, 6.45) is 0. The number of benzene rings is 1. The molecule has 1 aromatic heterocycles. The van der Waals surface area contributed by atoms with Crippen molar-refractivity contribution in [2.24, 2.45) is 0 Å². The minimum absolute atomic E-state index is 0.228. The molecule has 0 aliphatic carbocycles. The fourth-order valence-electron chi connectivity index (χ4n) is 2.71. The second kappa shape index (κ2) is 8.13. The second-order valence-corrected chi connectivity index (χ2v) is 7.28. The number of hydrogen-bond donors (Lipinski definition) is 2. The van der Waals surface area contributed by atoms with Crippen molar-refractivity contribution in [3.8, 4) is 0 Å². The molecule has 0 unspecified atom stereocenters. The molecule has 2 heterocycles. The SMILES string of the molecule is Cc1nnc(NC(=O)[C@@H](C)NC(=O)N2CCN(c3ccccc3)CC2)s1. The molecule has 8 nitrogen and oxygen atoms in total. The molecule has 1 aromatic carbocycles. The van der Waals surface area contributed by atoms with Gasteiger partial charge < -0.3 is 15.1 Å². The lowest BCUT2D eigenvalue weighted by atomic mass is 10.2. The topological polar surface area (TPSA) is 90.5 Å². The maximum absolute atomic E-state index is 12.4. The van der Waals surface area contributed by atoms with Gasteiger partial charge in [-0.1, -0.05) is 29.5 Å². The van der Waals surface area contributed by atoms with E-state index in [-0.39, 0.29) is 11.9 Å². The molecule has 9 heteroatoms. The molecule has 3 amide bonds. The van der Waals surface area contributed by atoms with E-state index in [9.17, 15) is 9.59 Å². The Kier molecular flexibility index (Phi) is 5.67. The number of amides is 3. The average Bonchev–Trinajstić information content (AvgIpc) is 3.07. The van der Waals surface area contributed by atoms with E-state index < -0.39 is 6.04 Å². The summed E-state index contributed by atoms with van der Waals surface area (Å²) in [5, 5.41) is 14.3. The van der Waals surface area contributed by atoms with E-state index in [0.29, 0.717) is 18.2 Å². The van der Waals surface area contributed by atoms with Gasteiger partial charge in [0, 0.05) is 31.9 Å². The lowest BCUT2D eigenvalue weighted by Gasteiger charge is -2.36. The summed E-state index contributed by atoms with van der Waals surface area (Å²) in [4.78, 5) is 28.5. The molecule has 1 aliphatic rings. The van der Waals surface area contributed by atoms with Crippen LogP contribution in [0.25, 0.3) is 0 Å². The Bertz CT molecular complexity index is 758. The first-order chi connectivity index (χ1) is 12.5. The average molecular weight is 374 g/mol. The van der Waals surface area contributed by atoms with Crippen LogP contribution >= 0.6 is 11.3 Å². The molecule has 1 aliphatic heterocycles. The van der Waals surface area contributed by atoms with Gasteiger partial charge in [0.2, 0.25) is 11.0 Å². The molecular formula is C17H22N6O2S. The van der Waals surface area contributed by atoms with E-state index >= 15 is 0 Å². The molecule has 1 atom stereocenters. The molecule has 1 fully saturated rings. The first kappa shape index (κ1) is 18.1. The van der Waals surface area contributed by atoms with Crippen LogP contribution < -0.4 is 15.5 Å². The number of nitrogens with zero attached hydrogens (tertiary/aromatic N) is 4. The number of carbonyl (C=O) groups is 2. The molecule has 0 bridgehead atoms. The summed E-state index contributed by atoms with van der Waals surface area (Å²) in [5.41, 5.74) is 1.16. The third-order valence-corrected chi connectivity index (χ3v) is 4.93. The number of nitrogens with one attached hydrogen (secondary N) is 2. The van der Waals surface area contributed by atoms with Crippen molar-refractivity contribution in [3.63, 3.8) is 0 Å². The van der Waals surface area contributed by atoms with Gasteiger partial charge in [-0.15, -0.1) is 10.2 Å². The first-order valence-corrected chi connectivity index (χ1v) is 9.31. The maximum atomic E-state index is 12.4. The van der Waals surface area contributed by atoms with Gasteiger partial charge in [0.05, 0.1) is 0 Å². The van der Waals surface area contributed by atoms with Gasteiger partial charge in [-0.3, -0.25) is 10.1 Å². The minimum atomic E-state index is -0.654. The van der Waals surface area contributed by atoms with Gasteiger partial charge in [-0.2, -0.15) is 0 Å². The third kappa shape index (κ3) is 4.48. The van der Waals surface area contributed by atoms with Crippen LogP contribution in [-0.2, 0) is 4.79 Å². The molecule has 0 saturated carbocycles. The van der Waals surface area contributed by atoms with Crippen LogP contribution in [-0.4, -0.2) is 59.3 Å². The number of hydrogen-bond acceptors (Lipinski definition) is 6. The molecule has 2 N–H and O–H groups in total. The number of piperazine rings is 1. The van der Waals surface area contributed by atoms with Gasteiger partial charge in [-0.25, -0.2) is 4.79 Å². The maximum Gasteiger partial charge on any atom is 0.318 e. The first-order valence-electron chi connectivity index (χ1n) is 8.49. The van der Waals surface area contributed by atoms with Crippen LogP contribution in [0.15, 0.2) is 30.3 Å². The lowest BCUT2D eigenvalue weighted by Crippen LogP contribution is -2.54. The van der Waals surface area contributed by atoms with Crippen LogP contribution in [0.2, 0.25) is 0 Å². The molecule has 26 heavy (non-hydrogen) atoms. The van der Waals surface area contributed by atoms with Crippen molar-refractivity contribution in [3.05, 3.63) is 35.3 Å². The summed E-state index contributed by atoms with van der Waals surface area (Å²) in [7, 11) is 0. The highest BCUT2D eigenvalue weighted by molar-refractivity contribution is 7.15. The zero-order chi connectivity index (χ0) is 18.5. The Morgan fingerprint density at radius 3 is 2.42 bits per heavy atom. The smallest absolute Gasteiger partial charge is 0.318 e. The summed E-state index contributed by atoms with van der Waals surface area (Å²) in [6.45, 7) is 6.23. The van der Waals surface area contributed by atoms with E-state index in [0.717, 1.165) is 23.8 Å². The van der Waals surface area contributed by atoms with Crippen molar-refractivity contribution in [1.82, 2.24) is 20.4 Å². The largest absolute Gasteiger partial charge is 0.368 e. The molecule has 0 spiro atoms. The minimum Gasteiger partial charge on any atom is -0.368 e. The van der Waals surface area contributed by atoms with Gasteiger partial charge in [0.15, 0.2) is 0 Å². The predicted molar refractivity (Wildman–Crippen MR) is 101 cm³/mol. The fraction of sp³-hybridized carbons (Fsp3) is 0.412. The quantitative estimate of drug-likeness (QED) is 0.850. The summed E-state index contributed by atoms with van der Waals surface area (Å²) in [6, 6.07) is 9.26. The van der Waals surface area contributed by atoms with Crippen molar-refractivity contribution < 1.29 is 9.59 Å². The number of urea groups is 1. The van der Waals surface area contributed by atoms with E-state index in [1.54, 1.807) is 11.8 Å². The number of anilines is 2. The molecule has 2 aromatic rings. The van der Waals surface area contributed by atoms with Gasteiger partial charge in [-0.05, 0) is 26.0 Å². The van der Waals surface area contributed by atoms with Gasteiger partial charge in [0.25, 0.3) is 0 Å². The monoisotopic (exact) mass is 374 g/mol. The summed E-state index contributed by atoms with van der Waals surface area (Å²) in [5.74, 6) is -0.308. The number of aromatic nitrogens is 2. The Morgan fingerprint density at radius 2 is 1.81 bits per heavy atom. The van der Waals surface area contributed by atoms with Crippen LogP contribution in [0.1, 0.15) is 11.9 Å². The van der Waals surface area contributed by atoms with Gasteiger partial charge in [0.1, 0.15) is 11.0 Å². The number of carbonyl (C=O) groups excluding carboxylic acids is 2. The van der Waals surface area contributed by atoms with Crippen molar-refractivity contribution in [1.29, 1.82) is 0 Å². The zero-order valence-corrected chi connectivity index (χ0v) is 15.6. The molecule has 3 rings (SSSR count). The van der Waals surface area contributed by atoms with E-state index in [1.165, 1.54) is 11.3 Å². The Balaban J connectivity index is 1.47. The van der Waals surface area contributed by atoms with Crippen LogP contribution in [0.3, 0.4) is 0 Å². The lowest BCUT2D eigenvalue weighted by molar-refractivity contribution is -0.117. The van der Waals surface area contributed by atoms with Crippen molar-refractivity contribution >= 4 is 34.1 Å². The van der Waals surface area contributed by atoms with Crippen LogP contribution in [0.5, 0.6) is 0 Å². The molecular weight excluding hydrogens is 352 g/mol. The van der Waals surface area contributed by atoms with E-state index in [2.05, 4.69) is 37.9 Å².